The van der Waals surface area contributed by atoms with E-state index in [-0.39, 0.29) is 19.1 Å². The second-order valence-electron chi connectivity index (χ2n) is 5.04. The van der Waals surface area contributed by atoms with Gasteiger partial charge in [0.25, 0.3) is 0 Å². The summed E-state index contributed by atoms with van der Waals surface area (Å²) >= 11 is 0. The van der Waals surface area contributed by atoms with Crippen LogP contribution in [-0.2, 0) is 9.53 Å². The van der Waals surface area contributed by atoms with E-state index in [1.807, 2.05) is 6.92 Å². The molecule has 0 aromatic carbocycles. The summed E-state index contributed by atoms with van der Waals surface area (Å²) in [6, 6.07) is 0. The molecular formula is C13H25F3N2O2. The molecular weight excluding hydrogens is 273 g/mol. The van der Waals surface area contributed by atoms with Crippen LogP contribution in [0.1, 0.15) is 33.6 Å². The molecule has 0 amide bonds. The maximum Gasteiger partial charge on any atom is 0.401 e. The van der Waals surface area contributed by atoms with Crippen LogP contribution in [0.2, 0.25) is 0 Å². The normalized spacial score (nSPS) is 15.2. The van der Waals surface area contributed by atoms with E-state index in [4.69, 9.17) is 4.74 Å². The first-order chi connectivity index (χ1) is 9.14. The van der Waals surface area contributed by atoms with Crippen molar-refractivity contribution < 1.29 is 22.7 Å². The summed E-state index contributed by atoms with van der Waals surface area (Å²) < 4.78 is 41.6. The Hall–Kier alpha value is -0.820. The Morgan fingerprint density at radius 2 is 1.90 bits per heavy atom. The fourth-order valence-electron chi connectivity index (χ4n) is 2.03. The smallest absolute Gasteiger partial charge is 0.401 e. The topological polar surface area (TPSA) is 41.6 Å². The van der Waals surface area contributed by atoms with E-state index in [0.29, 0.717) is 19.4 Å². The summed E-state index contributed by atoms with van der Waals surface area (Å²) in [5.74, 6) is -0.361. The third-order valence-electron chi connectivity index (χ3n) is 2.96. The average molecular weight is 298 g/mol. The molecule has 0 spiro atoms. The molecule has 120 valence electrons. The Morgan fingerprint density at radius 3 is 2.35 bits per heavy atom. The molecule has 4 nitrogen and oxygen atoms in total. The van der Waals surface area contributed by atoms with Gasteiger partial charge >= 0.3 is 12.1 Å². The zero-order valence-corrected chi connectivity index (χ0v) is 12.6. The van der Waals surface area contributed by atoms with Crippen molar-refractivity contribution in [3.05, 3.63) is 0 Å². The van der Waals surface area contributed by atoms with Crippen molar-refractivity contribution in [3.63, 3.8) is 0 Å². The predicted octanol–water partition coefficient (Wildman–Crippen LogP) is 2.19. The first-order valence-corrected chi connectivity index (χ1v) is 6.82. The van der Waals surface area contributed by atoms with Crippen LogP contribution in [-0.4, -0.2) is 55.9 Å². The molecule has 0 heterocycles. The van der Waals surface area contributed by atoms with E-state index in [2.05, 4.69) is 5.32 Å². The van der Waals surface area contributed by atoms with E-state index in [9.17, 15) is 18.0 Å². The van der Waals surface area contributed by atoms with Crippen LogP contribution in [0.4, 0.5) is 13.2 Å². The lowest BCUT2D eigenvalue weighted by Crippen LogP contribution is -2.50. The molecule has 0 aliphatic rings. The number of halogens is 3. The minimum Gasteiger partial charge on any atom is -0.465 e. The van der Waals surface area contributed by atoms with Crippen molar-refractivity contribution in [2.24, 2.45) is 0 Å². The van der Waals surface area contributed by atoms with Gasteiger partial charge in [-0.3, -0.25) is 9.69 Å². The molecule has 0 aliphatic carbocycles. The molecule has 0 aromatic heterocycles. The number of nitrogens with one attached hydrogen (secondary N) is 1. The maximum absolute atomic E-state index is 12.2. The number of hydrogen-bond acceptors (Lipinski definition) is 4. The lowest BCUT2D eigenvalue weighted by Gasteiger charge is -2.29. The molecule has 7 heteroatoms. The standard InChI is InChI=1S/C13H25F3N2O2/c1-5-17-12(3,11(19)20-6-2)8-7-9-18(4)10-13(14,15)16/h17H,5-10H2,1-4H3. The van der Waals surface area contributed by atoms with Crippen LogP contribution >= 0.6 is 0 Å². The molecule has 0 saturated heterocycles. The average Bonchev–Trinajstić information content (AvgIpc) is 2.27. The molecule has 0 bridgehead atoms. The molecule has 1 unspecified atom stereocenters. The lowest BCUT2D eigenvalue weighted by atomic mass is 9.95. The van der Waals surface area contributed by atoms with Crippen LogP contribution < -0.4 is 5.32 Å². The summed E-state index contributed by atoms with van der Waals surface area (Å²) in [7, 11) is 1.42. The quantitative estimate of drug-likeness (QED) is 0.663. The van der Waals surface area contributed by atoms with Gasteiger partial charge in [-0.2, -0.15) is 13.2 Å². The summed E-state index contributed by atoms with van der Waals surface area (Å²) in [6.07, 6.45) is -3.28. The fourth-order valence-corrected chi connectivity index (χ4v) is 2.03. The lowest BCUT2D eigenvalue weighted by molar-refractivity contribution is -0.151. The second kappa shape index (κ2) is 8.46. The molecule has 20 heavy (non-hydrogen) atoms. The van der Waals surface area contributed by atoms with E-state index < -0.39 is 18.3 Å². The second-order valence-corrected chi connectivity index (χ2v) is 5.04. The molecule has 0 fully saturated rings. The van der Waals surface area contributed by atoms with Gasteiger partial charge in [0.2, 0.25) is 0 Å². The van der Waals surface area contributed by atoms with E-state index in [0.717, 1.165) is 0 Å². The number of carbonyl (C=O) groups excluding carboxylic acids is 1. The third kappa shape index (κ3) is 7.69. The number of likely N-dealkylation sites (N-methyl/N-ethyl adjacent to an activating group) is 1. The Labute approximate surface area is 118 Å². The zero-order valence-electron chi connectivity index (χ0n) is 12.6. The van der Waals surface area contributed by atoms with Gasteiger partial charge in [0.1, 0.15) is 5.54 Å². The SMILES string of the molecule is CCNC(C)(CCCN(C)CC(F)(F)F)C(=O)OCC. The number of esters is 1. The Balaban J connectivity index is 4.31. The number of alkyl halides is 3. The molecule has 1 atom stereocenters. The predicted molar refractivity (Wildman–Crippen MR) is 71.5 cm³/mol. The number of hydrogen-bond donors (Lipinski definition) is 1. The van der Waals surface area contributed by atoms with Crippen molar-refractivity contribution in [2.45, 2.75) is 45.3 Å². The Kier molecular flexibility index (Phi) is 8.12. The highest BCUT2D eigenvalue weighted by molar-refractivity contribution is 5.80. The van der Waals surface area contributed by atoms with Crippen LogP contribution in [0.3, 0.4) is 0 Å². The van der Waals surface area contributed by atoms with Crippen molar-refractivity contribution in [1.82, 2.24) is 10.2 Å². The number of rotatable bonds is 9. The van der Waals surface area contributed by atoms with Gasteiger partial charge in [0.15, 0.2) is 0 Å². The van der Waals surface area contributed by atoms with Crippen LogP contribution in [0.15, 0.2) is 0 Å². The van der Waals surface area contributed by atoms with Gasteiger partial charge in [0, 0.05) is 0 Å². The molecule has 0 aromatic rings. The summed E-state index contributed by atoms with van der Waals surface area (Å²) in [4.78, 5) is 13.1. The van der Waals surface area contributed by atoms with Gasteiger partial charge in [-0.25, -0.2) is 0 Å². The van der Waals surface area contributed by atoms with Crippen LogP contribution in [0.25, 0.3) is 0 Å². The van der Waals surface area contributed by atoms with E-state index in [1.165, 1.54) is 11.9 Å². The highest BCUT2D eigenvalue weighted by Gasteiger charge is 2.34. The van der Waals surface area contributed by atoms with Crippen molar-refractivity contribution >= 4 is 5.97 Å². The third-order valence-corrected chi connectivity index (χ3v) is 2.96. The maximum atomic E-state index is 12.2. The molecule has 0 saturated carbocycles. The monoisotopic (exact) mass is 298 g/mol. The zero-order chi connectivity index (χ0) is 15.8. The fraction of sp³-hybridized carbons (Fsp3) is 0.923. The minimum atomic E-state index is -4.19. The highest BCUT2D eigenvalue weighted by Crippen LogP contribution is 2.18. The Morgan fingerprint density at radius 1 is 1.30 bits per heavy atom. The van der Waals surface area contributed by atoms with Crippen molar-refractivity contribution in [1.29, 1.82) is 0 Å². The molecule has 1 N–H and O–H groups in total. The van der Waals surface area contributed by atoms with E-state index >= 15 is 0 Å². The van der Waals surface area contributed by atoms with Gasteiger partial charge < -0.3 is 10.1 Å². The molecule has 0 rings (SSSR count). The number of ether oxygens (including phenoxy) is 1. The first-order valence-electron chi connectivity index (χ1n) is 6.82. The summed E-state index contributed by atoms with van der Waals surface area (Å²) in [5.41, 5.74) is -0.843. The van der Waals surface area contributed by atoms with Crippen LogP contribution in [0, 0.1) is 0 Å². The summed E-state index contributed by atoms with van der Waals surface area (Å²) in [6.45, 7) is 5.53. The summed E-state index contributed by atoms with van der Waals surface area (Å²) in [5, 5.41) is 3.05. The van der Waals surface area contributed by atoms with Gasteiger partial charge in [-0.15, -0.1) is 0 Å². The van der Waals surface area contributed by atoms with Crippen molar-refractivity contribution in [2.75, 3.05) is 33.3 Å². The number of carbonyl (C=O) groups is 1. The Bertz CT molecular complexity index is 298. The van der Waals surface area contributed by atoms with Gasteiger partial charge in [-0.05, 0) is 46.8 Å². The van der Waals surface area contributed by atoms with Crippen molar-refractivity contribution in [3.8, 4) is 0 Å². The largest absolute Gasteiger partial charge is 0.465 e. The highest BCUT2D eigenvalue weighted by atomic mass is 19.4. The van der Waals surface area contributed by atoms with Crippen LogP contribution in [0.5, 0.6) is 0 Å². The minimum absolute atomic E-state index is 0.278. The van der Waals surface area contributed by atoms with Gasteiger partial charge in [-0.1, -0.05) is 6.92 Å². The van der Waals surface area contributed by atoms with Gasteiger partial charge in [0.05, 0.1) is 13.2 Å². The van der Waals surface area contributed by atoms with E-state index in [1.54, 1.807) is 13.8 Å². The molecule has 0 aliphatic heterocycles. The first kappa shape index (κ1) is 19.2. The number of nitrogens with zero attached hydrogens (tertiary/aromatic N) is 1. The molecule has 0 radical (unpaired) electrons.